The predicted octanol–water partition coefficient (Wildman–Crippen LogP) is 5.15. The molecule has 0 aromatic heterocycles. The van der Waals surface area contributed by atoms with Crippen molar-refractivity contribution in [2.24, 2.45) is 0 Å². The maximum atomic E-state index is 13.0. The molecule has 2 heterocycles. The minimum atomic E-state index is -0.449. The van der Waals surface area contributed by atoms with Gasteiger partial charge in [-0.05, 0) is 74.1 Å². The molecule has 1 unspecified atom stereocenters. The summed E-state index contributed by atoms with van der Waals surface area (Å²) < 4.78 is 5.34. The number of hydrogen-bond donors (Lipinski definition) is 3. The SMILES string of the molecule is CCC1=CNC=C(C(c2cccc(C)c2C)c2cccc(C(=O)NOC3CCOCC3)c2O)C1. The lowest BCUT2D eigenvalue weighted by molar-refractivity contribution is -0.0673. The van der Waals surface area contributed by atoms with Crippen molar-refractivity contribution >= 4 is 5.91 Å². The minimum absolute atomic E-state index is 0.0185. The first kappa shape index (κ1) is 24.0. The molecule has 6 heteroatoms. The second-order valence-electron chi connectivity index (χ2n) is 9.05. The molecule has 180 valence electrons. The third kappa shape index (κ3) is 5.18. The van der Waals surface area contributed by atoms with Gasteiger partial charge < -0.3 is 15.2 Å². The molecular formula is C28H34N2O4. The van der Waals surface area contributed by atoms with E-state index in [1.54, 1.807) is 6.07 Å². The molecule has 0 bridgehead atoms. The van der Waals surface area contributed by atoms with Crippen LogP contribution in [0.1, 0.15) is 71.1 Å². The van der Waals surface area contributed by atoms with Crippen molar-refractivity contribution in [2.45, 2.75) is 58.5 Å². The Balaban J connectivity index is 1.68. The fourth-order valence-corrected chi connectivity index (χ4v) is 4.66. The van der Waals surface area contributed by atoms with Gasteiger partial charge in [0, 0.05) is 30.9 Å². The highest BCUT2D eigenvalue weighted by Crippen LogP contribution is 2.42. The van der Waals surface area contributed by atoms with Gasteiger partial charge in [-0.1, -0.05) is 42.8 Å². The smallest absolute Gasteiger partial charge is 0.278 e. The van der Waals surface area contributed by atoms with Crippen LogP contribution >= 0.6 is 0 Å². The summed E-state index contributed by atoms with van der Waals surface area (Å²) in [6, 6.07) is 11.6. The second kappa shape index (κ2) is 10.9. The number of ether oxygens (including phenoxy) is 1. The van der Waals surface area contributed by atoms with E-state index in [2.05, 4.69) is 43.7 Å². The number of hydroxylamine groups is 1. The number of carbonyl (C=O) groups is 1. The zero-order valence-corrected chi connectivity index (χ0v) is 20.2. The number of carbonyl (C=O) groups excluding carboxylic acids is 1. The number of phenols is 1. The zero-order valence-electron chi connectivity index (χ0n) is 20.2. The van der Waals surface area contributed by atoms with E-state index in [0.717, 1.165) is 36.8 Å². The van der Waals surface area contributed by atoms with Crippen molar-refractivity contribution in [3.05, 3.63) is 87.8 Å². The molecule has 1 fully saturated rings. The van der Waals surface area contributed by atoms with Crippen LogP contribution in [0, 0.1) is 13.8 Å². The fraction of sp³-hybridized carbons (Fsp3) is 0.393. The van der Waals surface area contributed by atoms with Gasteiger partial charge in [-0.25, -0.2) is 5.48 Å². The van der Waals surface area contributed by atoms with Crippen molar-refractivity contribution in [3.8, 4) is 5.75 Å². The van der Waals surface area contributed by atoms with Crippen molar-refractivity contribution in [3.63, 3.8) is 0 Å². The number of allylic oxidation sites excluding steroid dienone is 2. The third-order valence-electron chi connectivity index (χ3n) is 6.88. The molecular weight excluding hydrogens is 428 g/mol. The first-order chi connectivity index (χ1) is 16.5. The van der Waals surface area contributed by atoms with Crippen LogP contribution in [0.2, 0.25) is 0 Å². The molecule has 34 heavy (non-hydrogen) atoms. The summed E-state index contributed by atoms with van der Waals surface area (Å²) in [5, 5.41) is 14.6. The second-order valence-corrected chi connectivity index (χ2v) is 9.05. The van der Waals surface area contributed by atoms with Gasteiger partial charge in [0.1, 0.15) is 5.75 Å². The number of benzene rings is 2. The van der Waals surface area contributed by atoms with E-state index in [1.807, 2.05) is 30.6 Å². The Kier molecular flexibility index (Phi) is 7.70. The molecule has 1 saturated heterocycles. The van der Waals surface area contributed by atoms with Crippen molar-refractivity contribution in [1.29, 1.82) is 0 Å². The fourth-order valence-electron chi connectivity index (χ4n) is 4.66. The standard InChI is InChI=1S/C28H34N2O4/c1-4-20-15-21(17-29-16-20)26(23-8-5-7-18(2)19(23)3)24-9-6-10-25(27(24)31)28(32)30-34-22-11-13-33-14-12-22/h5-10,16-17,22,26,29,31H,4,11-15H2,1-3H3,(H,30,32). The first-order valence-electron chi connectivity index (χ1n) is 12.0. The minimum Gasteiger partial charge on any atom is -0.507 e. The van der Waals surface area contributed by atoms with Crippen molar-refractivity contribution < 1.29 is 19.5 Å². The number of aryl methyl sites for hydroxylation is 1. The maximum absolute atomic E-state index is 13.0. The van der Waals surface area contributed by atoms with Crippen LogP contribution in [0.4, 0.5) is 0 Å². The molecule has 0 aliphatic carbocycles. The molecule has 2 aromatic carbocycles. The largest absolute Gasteiger partial charge is 0.507 e. The Labute approximate surface area is 201 Å². The lowest BCUT2D eigenvalue weighted by Crippen LogP contribution is -2.33. The van der Waals surface area contributed by atoms with Crippen LogP contribution in [0.25, 0.3) is 0 Å². The summed E-state index contributed by atoms with van der Waals surface area (Å²) in [5.74, 6) is -0.655. The van der Waals surface area contributed by atoms with Crippen molar-refractivity contribution in [1.82, 2.24) is 10.8 Å². The number of nitrogens with one attached hydrogen (secondary N) is 2. The van der Waals surface area contributed by atoms with E-state index in [4.69, 9.17) is 9.57 Å². The number of hydrogen-bond acceptors (Lipinski definition) is 5. The summed E-state index contributed by atoms with van der Waals surface area (Å²) in [7, 11) is 0. The van der Waals surface area contributed by atoms with Gasteiger partial charge in [0.25, 0.3) is 5.91 Å². The number of aromatic hydroxyl groups is 1. The highest BCUT2D eigenvalue weighted by molar-refractivity contribution is 5.96. The van der Waals surface area contributed by atoms with Crippen LogP contribution in [-0.2, 0) is 9.57 Å². The van der Waals surface area contributed by atoms with E-state index in [-0.39, 0.29) is 23.3 Å². The van der Waals surface area contributed by atoms with E-state index in [9.17, 15) is 9.90 Å². The number of phenolic OH excluding ortho intramolecular Hbond substituents is 1. The van der Waals surface area contributed by atoms with Gasteiger partial charge >= 0.3 is 0 Å². The zero-order chi connectivity index (χ0) is 24.1. The molecule has 0 saturated carbocycles. The van der Waals surface area contributed by atoms with E-state index in [1.165, 1.54) is 16.7 Å². The van der Waals surface area contributed by atoms with Crippen molar-refractivity contribution in [2.75, 3.05) is 13.2 Å². The number of para-hydroxylation sites is 1. The Bertz CT molecular complexity index is 1100. The molecule has 4 rings (SSSR count). The molecule has 6 nitrogen and oxygen atoms in total. The average molecular weight is 463 g/mol. The van der Waals surface area contributed by atoms with Crippen LogP contribution in [0.5, 0.6) is 5.75 Å². The summed E-state index contributed by atoms with van der Waals surface area (Å²) in [5.41, 5.74) is 9.39. The van der Waals surface area contributed by atoms with E-state index < -0.39 is 5.91 Å². The number of rotatable bonds is 7. The Morgan fingerprint density at radius 3 is 2.65 bits per heavy atom. The lowest BCUT2D eigenvalue weighted by atomic mass is 9.78. The number of amides is 1. The quantitative estimate of drug-likeness (QED) is 0.496. The summed E-state index contributed by atoms with van der Waals surface area (Å²) in [6.45, 7) is 7.59. The normalized spacial score (nSPS) is 17.4. The van der Waals surface area contributed by atoms with Crippen LogP contribution in [0.15, 0.2) is 59.9 Å². The van der Waals surface area contributed by atoms with Gasteiger partial charge in [-0.15, -0.1) is 0 Å². The van der Waals surface area contributed by atoms with Crippen LogP contribution < -0.4 is 10.8 Å². The highest BCUT2D eigenvalue weighted by atomic mass is 16.7. The molecule has 0 spiro atoms. The topological polar surface area (TPSA) is 79.8 Å². The monoisotopic (exact) mass is 462 g/mol. The highest BCUT2D eigenvalue weighted by Gasteiger charge is 2.28. The third-order valence-corrected chi connectivity index (χ3v) is 6.88. The van der Waals surface area contributed by atoms with Crippen LogP contribution in [-0.4, -0.2) is 30.3 Å². The predicted molar refractivity (Wildman–Crippen MR) is 132 cm³/mol. The first-order valence-corrected chi connectivity index (χ1v) is 12.0. The molecule has 1 amide bonds. The Hall–Kier alpha value is -3.09. The maximum Gasteiger partial charge on any atom is 0.278 e. The molecule has 2 aliphatic heterocycles. The van der Waals surface area contributed by atoms with Gasteiger partial charge in [-0.2, -0.15) is 0 Å². The summed E-state index contributed by atoms with van der Waals surface area (Å²) >= 11 is 0. The van der Waals surface area contributed by atoms with Gasteiger partial charge in [-0.3, -0.25) is 9.63 Å². The summed E-state index contributed by atoms with van der Waals surface area (Å²) in [6.07, 6.45) is 7.20. The molecule has 2 aromatic rings. The molecule has 3 N–H and O–H groups in total. The molecule has 0 radical (unpaired) electrons. The molecule has 2 aliphatic rings. The van der Waals surface area contributed by atoms with Gasteiger partial charge in [0.05, 0.1) is 11.7 Å². The van der Waals surface area contributed by atoms with Gasteiger partial charge in [0.15, 0.2) is 0 Å². The van der Waals surface area contributed by atoms with Gasteiger partial charge in [0.2, 0.25) is 0 Å². The number of dihydropyridines is 1. The van der Waals surface area contributed by atoms with Crippen LogP contribution in [0.3, 0.4) is 0 Å². The molecule has 1 atom stereocenters. The average Bonchev–Trinajstić information content (AvgIpc) is 2.87. The summed E-state index contributed by atoms with van der Waals surface area (Å²) in [4.78, 5) is 18.6. The van der Waals surface area contributed by atoms with E-state index in [0.29, 0.717) is 18.8 Å². The Morgan fingerprint density at radius 2 is 1.88 bits per heavy atom. The Morgan fingerprint density at radius 1 is 1.15 bits per heavy atom. The lowest BCUT2D eigenvalue weighted by Gasteiger charge is -2.28. The van der Waals surface area contributed by atoms with E-state index >= 15 is 0 Å².